The molecule has 1 heterocycles. The van der Waals surface area contributed by atoms with Gasteiger partial charge in [0.05, 0.1) is 10.5 Å². The second-order valence-corrected chi connectivity index (χ2v) is 3.90. The van der Waals surface area contributed by atoms with Crippen LogP contribution < -0.4 is 5.73 Å². The number of nitro groups is 1. The Kier molecular flexibility index (Phi) is 4.46. The molecular formula is C9H10N4O3S. The van der Waals surface area contributed by atoms with Crippen LogP contribution in [0.15, 0.2) is 35.1 Å². The van der Waals surface area contributed by atoms with Crippen LogP contribution in [0.1, 0.15) is 5.56 Å². The summed E-state index contributed by atoms with van der Waals surface area (Å²) in [5, 5.41) is 22.5. The van der Waals surface area contributed by atoms with Crippen LogP contribution in [0.3, 0.4) is 0 Å². The molecule has 0 aromatic carbocycles. The van der Waals surface area contributed by atoms with Crippen LogP contribution in [0, 0.1) is 10.1 Å². The predicted octanol–water partition coefficient (Wildman–Crippen LogP) is 1.36. The van der Waals surface area contributed by atoms with Gasteiger partial charge in [-0.3, -0.25) is 10.1 Å². The lowest BCUT2D eigenvalue weighted by molar-refractivity contribution is -0.385. The van der Waals surface area contributed by atoms with E-state index in [0.717, 1.165) is 6.20 Å². The molecule has 3 N–H and O–H groups in total. The smallest absolute Gasteiger partial charge is 0.288 e. The third kappa shape index (κ3) is 3.18. The molecule has 7 nitrogen and oxygen atoms in total. The third-order valence-corrected chi connectivity index (χ3v) is 2.77. The van der Waals surface area contributed by atoms with Crippen LogP contribution in [-0.2, 0) is 0 Å². The van der Waals surface area contributed by atoms with E-state index in [9.17, 15) is 10.1 Å². The fraction of sp³-hybridized carbons (Fsp3) is 0.111. The molecule has 0 aliphatic rings. The van der Waals surface area contributed by atoms with Crippen LogP contribution >= 0.6 is 11.8 Å². The summed E-state index contributed by atoms with van der Waals surface area (Å²) in [6.07, 6.45) is 2.78. The number of rotatable bonds is 5. The zero-order chi connectivity index (χ0) is 12.8. The quantitative estimate of drug-likeness (QED) is 0.156. The summed E-state index contributed by atoms with van der Waals surface area (Å²) < 4.78 is 0. The van der Waals surface area contributed by atoms with E-state index in [1.54, 1.807) is 6.08 Å². The normalized spacial score (nSPS) is 11.2. The Morgan fingerprint density at radius 1 is 1.82 bits per heavy atom. The van der Waals surface area contributed by atoms with Crippen LogP contribution in [-0.4, -0.2) is 26.7 Å². The van der Waals surface area contributed by atoms with Gasteiger partial charge in [0.1, 0.15) is 11.2 Å². The van der Waals surface area contributed by atoms with Crippen LogP contribution in [0.4, 0.5) is 5.69 Å². The summed E-state index contributed by atoms with van der Waals surface area (Å²) in [5.74, 6) is 0.351. The standard InChI is InChI=1S/C9H10N4O3S/c1-2-3-17-9-7(8(10)12-14)4-6(5-11-9)13(15)16/h2,4-5,14H,1,3H2,(H2,10,12). The molecule has 0 saturated heterocycles. The lowest BCUT2D eigenvalue weighted by Crippen LogP contribution is -2.15. The van der Waals surface area contributed by atoms with Crippen molar-refractivity contribution in [3.63, 3.8) is 0 Å². The molecule has 0 spiro atoms. The van der Waals surface area contributed by atoms with Gasteiger partial charge in [-0.05, 0) is 0 Å². The summed E-state index contributed by atoms with van der Waals surface area (Å²) in [4.78, 5) is 13.9. The van der Waals surface area contributed by atoms with Crippen molar-refractivity contribution < 1.29 is 10.1 Å². The first kappa shape index (κ1) is 13.0. The van der Waals surface area contributed by atoms with Gasteiger partial charge in [-0.1, -0.05) is 11.2 Å². The van der Waals surface area contributed by atoms with Gasteiger partial charge in [0.15, 0.2) is 5.84 Å². The van der Waals surface area contributed by atoms with E-state index < -0.39 is 4.92 Å². The zero-order valence-electron chi connectivity index (χ0n) is 8.74. The highest BCUT2D eigenvalue weighted by molar-refractivity contribution is 7.99. The molecule has 17 heavy (non-hydrogen) atoms. The van der Waals surface area contributed by atoms with Gasteiger partial charge in [0.25, 0.3) is 5.69 Å². The van der Waals surface area contributed by atoms with E-state index in [0.29, 0.717) is 10.8 Å². The second-order valence-electron chi connectivity index (χ2n) is 2.89. The molecule has 0 unspecified atom stereocenters. The second kappa shape index (κ2) is 5.85. The molecule has 0 aliphatic carbocycles. The summed E-state index contributed by atoms with van der Waals surface area (Å²) in [5.41, 5.74) is 5.45. The highest BCUT2D eigenvalue weighted by Gasteiger charge is 2.15. The summed E-state index contributed by atoms with van der Waals surface area (Å²) >= 11 is 1.29. The van der Waals surface area contributed by atoms with Gasteiger partial charge in [0.2, 0.25) is 0 Å². The van der Waals surface area contributed by atoms with Crippen LogP contribution in [0.25, 0.3) is 0 Å². The summed E-state index contributed by atoms with van der Waals surface area (Å²) in [6, 6.07) is 1.22. The molecule has 0 atom stereocenters. The summed E-state index contributed by atoms with van der Waals surface area (Å²) in [6.45, 7) is 3.55. The SMILES string of the molecule is C=CCSc1ncc([N+](=O)[O-])cc1/C(N)=N\O. The first-order chi connectivity index (χ1) is 8.10. The van der Waals surface area contributed by atoms with E-state index >= 15 is 0 Å². The van der Waals surface area contributed by atoms with E-state index in [1.807, 2.05) is 0 Å². The number of aromatic nitrogens is 1. The molecule has 1 rings (SSSR count). The first-order valence-corrected chi connectivity index (χ1v) is 5.44. The Balaban J connectivity index is 3.21. The minimum atomic E-state index is -0.594. The molecule has 0 saturated carbocycles. The van der Waals surface area contributed by atoms with Crippen LogP contribution in [0.5, 0.6) is 0 Å². The molecule has 0 aliphatic heterocycles. The average Bonchev–Trinajstić information content (AvgIpc) is 2.35. The van der Waals surface area contributed by atoms with Gasteiger partial charge in [-0.2, -0.15) is 0 Å². The number of nitrogens with zero attached hydrogens (tertiary/aromatic N) is 3. The van der Waals surface area contributed by atoms with E-state index in [4.69, 9.17) is 10.9 Å². The van der Waals surface area contributed by atoms with Gasteiger partial charge in [-0.15, -0.1) is 18.3 Å². The fourth-order valence-electron chi connectivity index (χ4n) is 1.03. The number of hydrogen-bond acceptors (Lipinski definition) is 6. The Hall–Kier alpha value is -2.09. The van der Waals surface area contributed by atoms with Gasteiger partial charge in [0, 0.05) is 11.8 Å². The number of amidine groups is 1. The Bertz CT molecular complexity index is 475. The van der Waals surface area contributed by atoms with Gasteiger partial charge >= 0.3 is 0 Å². The molecule has 1 aromatic rings. The van der Waals surface area contributed by atoms with Crippen molar-refractivity contribution in [2.45, 2.75) is 5.03 Å². The van der Waals surface area contributed by atoms with Crippen molar-refractivity contribution in [1.82, 2.24) is 4.98 Å². The number of oxime groups is 1. The molecule has 8 heteroatoms. The van der Waals surface area contributed by atoms with Crippen molar-refractivity contribution >= 4 is 23.3 Å². The van der Waals surface area contributed by atoms with E-state index in [-0.39, 0.29) is 17.1 Å². The molecule has 0 radical (unpaired) electrons. The maximum atomic E-state index is 10.6. The first-order valence-electron chi connectivity index (χ1n) is 4.46. The number of hydrogen-bond donors (Lipinski definition) is 2. The maximum absolute atomic E-state index is 10.6. The molecule has 90 valence electrons. The third-order valence-electron chi connectivity index (χ3n) is 1.77. The minimum Gasteiger partial charge on any atom is -0.409 e. The van der Waals surface area contributed by atoms with Crippen molar-refractivity contribution in [3.8, 4) is 0 Å². The predicted molar refractivity (Wildman–Crippen MR) is 64.3 cm³/mol. The largest absolute Gasteiger partial charge is 0.409 e. The molecule has 0 bridgehead atoms. The van der Waals surface area contributed by atoms with Gasteiger partial charge in [-0.25, -0.2) is 4.98 Å². The highest BCUT2D eigenvalue weighted by Crippen LogP contribution is 2.23. The molecular weight excluding hydrogens is 244 g/mol. The highest BCUT2D eigenvalue weighted by atomic mass is 32.2. The monoisotopic (exact) mass is 254 g/mol. The Labute approximate surface area is 101 Å². The van der Waals surface area contributed by atoms with Crippen molar-refractivity contribution in [2.75, 3.05) is 5.75 Å². The Morgan fingerprint density at radius 3 is 3.06 bits per heavy atom. The maximum Gasteiger partial charge on any atom is 0.288 e. The number of pyridine rings is 1. The van der Waals surface area contributed by atoms with Crippen LogP contribution in [0.2, 0.25) is 0 Å². The summed E-state index contributed by atoms with van der Waals surface area (Å²) in [7, 11) is 0. The minimum absolute atomic E-state index is 0.213. The van der Waals surface area contributed by atoms with Crippen molar-refractivity contribution in [2.24, 2.45) is 10.9 Å². The lowest BCUT2D eigenvalue weighted by atomic mass is 10.2. The number of nitrogens with two attached hydrogens (primary N) is 1. The number of thioether (sulfide) groups is 1. The van der Waals surface area contributed by atoms with Crippen molar-refractivity contribution in [1.29, 1.82) is 0 Å². The lowest BCUT2D eigenvalue weighted by Gasteiger charge is -2.05. The zero-order valence-corrected chi connectivity index (χ0v) is 9.55. The fourth-order valence-corrected chi connectivity index (χ4v) is 1.75. The van der Waals surface area contributed by atoms with Crippen molar-refractivity contribution in [3.05, 3.63) is 40.6 Å². The molecule has 0 fully saturated rings. The average molecular weight is 254 g/mol. The van der Waals surface area contributed by atoms with E-state index in [1.165, 1.54) is 17.8 Å². The van der Waals surface area contributed by atoms with E-state index in [2.05, 4.69) is 16.7 Å². The topological polar surface area (TPSA) is 115 Å². The molecule has 0 amide bonds. The Morgan fingerprint density at radius 2 is 2.53 bits per heavy atom. The van der Waals surface area contributed by atoms with Gasteiger partial charge < -0.3 is 10.9 Å². The molecule has 1 aromatic heterocycles.